The summed E-state index contributed by atoms with van der Waals surface area (Å²) in [5, 5.41) is 8.46. The van der Waals surface area contributed by atoms with Crippen molar-refractivity contribution in [1.82, 2.24) is 19.9 Å². The molecule has 1 saturated heterocycles. The lowest BCUT2D eigenvalue weighted by Gasteiger charge is -2.18. The maximum absolute atomic E-state index is 12.9. The molecule has 1 atom stereocenters. The van der Waals surface area contributed by atoms with Crippen LogP contribution in [-0.4, -0.2) is 46.0 Å². The number of carbonyl (C=O) groups is 1. The Labute approximate surface area is 169 Å². The van der Waals surface area contributed by atoms with Crippen LogP contribution < -0.4 is 4.74 Å². The molecule has 150 valence electrons. The van der Waals surface area contributed by atoms with E-state index in [0.29, 0.717) is 37.6 Å². The second-order valence-corrected chi connectivity index (χ2v) is 7.06. The number of carbonyl (C=O) groups excluding carboxylic acids is 1. The lowest BCUT2D eigenvalue weighted by atomic mass is 10.2. The summed E-state index contributed by atoms with van der Waals surface area (Å²) < 4.78 is 12.9. The molecule has 4 rings (SSSR count). The fourth-order valence-corrected chi connectivity index (χ4v) is 3.54. The zero-order valence-corrected chi connectivity index (χ0v) is 16.4. The Morgan fingerprint density at radius 1 is 1.10 bits per heavy atom. The molecular weight excluding hydrogens is 368 g/mol. The van der Waals surface area contributed by atoms with Gasteiger partial charge in [0.1, 0.15) is 11.4 Å². The molecule has 29 heavy (non-hydrogen) atoms. The molecule has 7 nitrogen and oxygen atoms in total. The van der Waals surface area contributed by atoms with Gasteiger partial charge in [0, 0.05) is 13.1 Å². The third-order valence-electron chi connectivity index (χ3n) is 5.08. The summed E-state index contributed by atoms with van der Waals surface area (Å²) in [6.07, 6.45) is 2.75. The molecule has 0 aliphatic carbocycles. The normalized spacial score (nSPS) is 16.2. The van der Waals surface area contributed by atoms with Crippen molar-refractivity contribution in [2.75, 3.05) is 20.2 Å². The first-order valence-electron chi connectivity index (χ1n) is 9.69. The second-order valence-electron chi connectivity index (χ2n) is 7.06. The predicted molar refractivity (Wildman–Crippen MR) is 108 cm³/mol. The number of benzene rings is 2. The maximum atomic E-state index is 12.9. The molecule has 7 heteroatoms. The first-order chi connectivity index (χ1) is 14.2. The molecule has 2 heterocycles. The van der Waals surface area contributed by atoms with Gasteiger partial charge in [-0.05, 0) is 24.1 Å². The molecule has 1 amide bonds. The van der Waals surface area contributed by atoms with Gasteiger partial charge in [-0.1, -0.05) is 47.7 Å². The maximum Gasteiger partial charge on any atom is 0.257 e. The zero-order chi connectivity index (χ0) is 20.1. The minimum atomic E-state index is -0.0171. The summed E-state index contributed by atoms with van der Waals surface area (Å²) in [6, 6.07) is 17.5. The summed E-state index contributed by atoms with van der Waals surface area (Å²) in [5.74, 6) is 0.580. The van der Waals surface area contributed by atoms with Crippen LogP contribution in [0, 0.1) is 0 Å². The van der Waals surface area contributed by atoms with Gasteiger partial charge in [0.2, 0.25) is 0 Å². The highest BCUT2D eigenvalue weighted by molar-refractivity contribution is 5.97. The second kappa shape index (κ2) is 8.87. The van der Waals surface area contributed by atoms with Gasteiger partial charge in [-0.2, -0.15) is 0 Å². The minimum absolute atomic E-state index is 0.0171. The summed E-state index contributed by atoms with van der Waals surface area (Å²) in [7, 11) is 1.58. The van der Waals surface area contributed by atoms with Crippen LogP contribution in [-0.2, 0) is 18.0 Å². The number of likely N-dealkylation sites (tertiary alicyclic amines) is 1. The van der Waals surface area contributed by atoms with Gasteiger partial charge in [-0.25, -0.2) is 4.68 Å². The number of ether oxygens (including phenoxy) is 2. The summed E-state index contributed by atoms with van der Waals surface area (Å²) in [4.78, 5) is 14.7. The number of nitrogens with zero attached hydrogens (tertiary/aromatic N) is 4. The van der Waals surface area contributed by atoms with Crippen LogP contribution in [0.15, 0.2) is 60.8 Å². The van der Waals surface area contributed by atoms with Gasteiger partial charge in [0.25, 0.3) is 5.91 Å². The highest BCUT2D eigenvalue weighted by Crippen LogP contribution is 2.26. The number of hydrogen-bond acceptors (Lipinski definition) is 5. The van der Waals surface area contributed by atoms with Crippen molar-refractivity contribution >= 4 is 5.91 Å². The van der Waals surface area contributed by atoms with Crippen molar-refractivity contribution in [3.8, 4) is 5.75 Å². The van der Waals surface area contributed by atoms with Crippen LogP contribution in [0.2, 0.25) is 0 Å². The predicted octanol–water partition coefficient (Wildman–Crippen LogP) is 3.09. The van der Waals surface area contributed by atoms with Crippen LogP contribution in [0.5, 0.6) is 5.75 Å². The van der Waals surface area contributed by atoms with E-state index in [9.17, 15) is 4.79 Å². The smallest absolute Gasteiger partial charge is 0.257 e. The van der Waals surface area contributed by atoms with E-state index in [-0.39, 0.29) is 11.9 Å². The molecule has 1 fully saturated rings. The summed E-state index contributed by atoms with van der Waals surface area (Å²) in [5.41, 5.74) is 2.50. The number of amides is 1. The molecule has 0 N–H and O–H groups in total. The van der Waals surface area contributed by atoms with Gasteiger partial charge in [0.15, 0.2) is 0 Å². The Bertz CT molecular complexity index is 957. The Morgan fingerprint density at radius 3 is 2.72 bits per heavy atom. The quantitative estimate of drug-likeness (QED) is 0.618. The molecule has 0 saturated carbocycles. The van der Waals surface area contributed by atoms with Gasteiger partial charge < -0.3 is 14.4 Å². The summed E-state index contributed by atoms with van der Waals surface area (Å²) in [6.45, 7) is 2.23. The average Bonchev–Trinajstić information content (AvgIpc) is 3.44. The van der Waals surface area contributed by atoms with Crippen molar-refractivity contribution in [3.63, 3.8) is 0 Å². The lowest BCUT2D eigenvalue weighted by molar-refractivity contribution is 0.0783. The van der Waals surface area contributed by atoms with Crippen LogP contribution >= 0.6 is 0 Å². The standard InChI is InChI=1S/C22H24N4O3/c1-28-21-10-6-5-9-20(21)22(27)25-12-11-19(14-25)26-13-18(23-24-26)16-29-15-17-7-3-2-4-8-17/h2-10,13,19H,11-12,14-16H2,1H3. The van der Waals surface area contributed by atoms with Crippen molar-refractivity contribution in [1.29, 1.82) is 0 Å². The Hall–Kier alpha value is -3.19. The highest BCUT2D eigenvalue weighted by atomic mass is 16.5. The summed E-state index contributed by atoms with van der Waals surface area (Å²) >= 11 is 0. The van der Waals surface area contributed by atoms with E-state index in [0.717, 1.165) is 17.7 Å². The third-order valence-corrected chi connectivity index (χ3v) is 5.08. The number of methoxy groups -OCH3 is 1. The fourth-order valence-electron chi connectivity index (χ4n) is 3.54. The number of para-hydroxylation sites is 1. The number of aromatic nitrogens is 3. The van der Waals surface area contributed by atoms with Gasteiger partial charge >= 0.3 is 0 Å². The molecule has 0 bridgehead atoms. The molecule has 3 aromatic rings. The van der Waals surface area contributed by atoms with Crippen LogP contribution in [0.4, 0.5) is 0 Å². The lowest BCUT2D eigenvalue weighted by Crippen LogP contribution is -2.29. The van der Waals surface area contributed by atoms with Crippen LogP contribution in [0.1, 0.15) is 34.1 Å². The molecule has 1 aliphatic rings. The Kier molecular flexibility index (Phi) is 5.86. The van der Waals surface area contributed by atoms with E-state index >= 15 is 0 Å². The molecule has 1 aliphatic heterocycles. The van der Waals surface area contributed by atoms with Crippen molar-refractivity contribution in [2.45, 2.75) is 25.7 Å². The Morgan fingerprint density at radius 2 is 1.90 bits per heavy atom. The van der Waals surface area contributed by atoms with Gasteiger partial charge in [-0.3, -0.25) is 4.79 Å². The van der Waals surface area contributed by atoms with Crippen molar-refractivity contribution in [2.24, 2.45) is 0 Å². The molecule has 1 aromatic heterocycles. The zero-order valence-electron chi connectivity index (χ0n) is 16.4. The van der Waals surface area contributed by atoms with Crippen molar-refractivity contribution < 1.29 is 14.3 Å². The van der Waals surface area contributed by atoms with Gasteiger partial charge in [0.05, 0.1) is 38.1 Å². The Balaban J connectivity index is 1.33. The van der Waals surface area contributed by atoms with E-state index in [1.807, 2.05) is 58.2 Å². The van der Waals surface area contributed by atoms with E-state index in [2.05, 4.69) is 10.3 Å². The van der Waals surface area contributed by atoms with Crippen LogP contribution in [0.3, 0.4) is 0 Å². The van der Waals surface area contributed by atoms with E-state index in [4.69, 9.17) is 9.47 Å². The van der Waals surface area contributed by atoms with E-state index in [1.165, 1.54) is 0 Å². The molecule has 0 radical (unpaired) electrons. The minimum Gasteiger partial charge on any atom is -0.496 e. The average molecular weight is 392 g/mol. The third kappa shape index (κ3) is 4.46. The number of hydrogen-bond donors (Lipinski definition) is 0. The molecule has 1 unspecified atom stereocenters. The first kappa shape index (κ1) is 19.1. The number of rotatable bonds is 7. The molecule has 0 spiro atoms. The van der Waals surface area contributed by atoms with E-state index < -0.39 is 0 Å². The van der Waals surface area contributed by atoms with Crippen molar-refractivity contribution in [3.05, 3.63) is 77.6 Å². The topological polar surface area (TPSA) is 69.5 Å². The molecule has 2 aromatic carbocycles. The van der Waals surface area contributed by atoms with Crippen LogP contribution in [0.25, 0.3) is 0 Å². The SMILES string of the molecule is COc1ccccc1C(=O)N1CCC(n2cc(COCc3ccccc3)nn2)C1. The van der Waals surface area contributed by atoms with Gasteiger partial charge in [-0.15, -0.1) is 5.10 Å². The molecular formula is C22H24N4O3. The monoisotopic (exact) mass is 392 g/mol. The first-order valence-corrected chi connectivity index (χ1v) is 9.69. The van der Waals surface area contributed by atoms with E-state index in [1.54, 1.807) is 19.2 Å². The largest absolute Gasteiger partial charge is 0.496 e. The highest BCUT2D eigenvalue weighted by Gasteiger charge is 2.30. The fraction of sp³-hybridized carbons (Fsp3) is 0.318.